The lowest BCUT2D eigenvalue weighted by molar-refractivity contribution is 0.200. The third-order valence-corrected chi connectivity index (χ3v) is 5.07. The second-order valence-corrected chi connectivity index (χ2v) is 6.46. The van der Waals surface area contributed by atoms with Crippen LogP contribution in [0.5, 0.6) is 17.2 Å². The highest BCUT2D eigenvalue weighted by atomic mass is 32.1. The Morgan fingerprint density at radius 3 is 2.35 bits per heavy atom. The predicted molar refractivity (Wildman–Crippen MR) is 91.8 cm³/mol. The van der Waals surface area contributed by atoms with E-state index < -0.39 is 0 Å². The average molecular weight is 334 g/mol. The van der Waals surface area contributed by atoms with Gasteiger partial charge in [0.1, 0.15) is 0 Å². The molecule has 23 heavy (non-hydrogen) atoms. The Bertz CT molecular complexity index is 614. The summed E-state index contributed by atoms with van der Waals surface area (Å²) in [5.41, 5.74) is 1.07. The lowest BCUT2D eigenvalue weighted by Gasteiger charge is -2.35. The van der Waals surface area contributed by atoms with Gasteiger partial charge in [-0.3, -0.25) is 4.90 Å². The van der Waals surface area contributed by atoms with Crippen LogP contribution < -0.4 is 14.8 Å². The Kier molecular flexibility index (Phi) is 5.05. The molecular weight excluding hydrogens is 312 g/mol. The SMILES string of the molecule is COc1cc([C@H](c2cccs2)N2CCNCC2)cc(OC)c1O. The molecule has 0 saturated carbocycles. The van der Waals surface area contributed by atoms with E-state index in [0.29, 0.717) is 11.5 Å². The summed E-state index contributed by atoms with van der Waals surface area (Å²) < 4.78 is 10.7. The molecule has 3 rings (SSSR count). The molecule has 1 aromatic heterocycles. The minimum atomic E-state index is 0.0454. The Balaban J connectivity index is 2.05. The van der Waals surface area contributed by atoms with Crippen LogP contribution in [-0.2, 0) is 0 Å². The molecule has 1 aromatic carbocycles. The zero-order valence-corrected chi connectivity index (χ0v) is 14.2. The van der Waals surface area contributed by atoms with Crippen molar-refractivity contribution in [2.75, 3.05) is 40.4 Å². The molecule has 6 heteroatoms. The van der Waals surface area contributed by atoms with Crippen LogP contribution in [0.3, 0.4) is 0 Å². The van der Waals surface area contributed by atoms with E-state index in [0.717, 1.165) is 31.7 Å². The van der Waals surface area contributed by atoms with Crippen molar-refractivity contribution in [2.45, 2.75) is 6.04 Å². The summed E-state index contributed by atoms with van der Waals surface area (Å²) in [5.74, 6) is 0.927. The van der Waals surface area contributed by atoms with Crippen molar-refractivity contribution in [2.24, 2.45) is 0 Å². The van der Waals surface area contributed by atoms with Crippen molar-refractivity contribution in [3.05, 3.63) is 40.1 Å². The van der Waals surface area contributed by atoms with E-state index in [1.165, 1.54) is 4.88 Å². The number of hydrogen-bond donors (Lipinski definition) is 2. The minimum Gasteiger partial charge on any atom is -0.502 e. The summed E-state index contributed by atoms with van der Waals surface area (Å²) in [4.78, 5) is 3.73. The van der Waals surface area contributed by atoms with Gasteiger partial charge in [-0.1, -0.05) is 6.07 Å². The largest absolute Gasteiger partial charge is 0.502 e. The smallest absolute Gasteiger partial charge is 0.200 e. The van der Waals surface area contributed by atoms with Crippen LogP contribution in [0.4, 0.5) is 0 Å². The number of rotatable bonds is 5. The van der Waals surface area contributed by atoms with E-state index in [2.05, 4.69) is 27.7 Å². The van der Waals surface area contributed by atoms with Gasteiger partial charge in [0.25, 0.3) is 0 Å². The van der Waals surface area contributed by atoms with E-state index in [9.17, 15) is 5.11 Å². The minimum absolute atomic E-state index is 0.0454. The van der Waals surface area contributed by atoms with Gasteiger partial charge in [-0.25, -0.2) is 0 Å². The number of nitrogens with one attached hydrogen (secondary N) is 1. The van der Waals surface area contributed by atoms with Crippen molar-refractivity contribution < 1.29 is 14.6 Å². The maximum Gasteiger partial charge on any atom is 0.200 e. The molecule has 2 N–H and O–H groups in total. The summed E-state index contributed by atoms with van der Waals surface area (Å²) in [6.45, 7) is 3.92. The molecule has 1 aliphatic heterocycles. The zero-order valence-electron chi connectivity index (χ0n) is 13.4. The Labute approximate surface area is 140 Å². The van der Waals surface area contributed by atoms with Crippen molar-refractivity contribution in [3.63, 3.8) is 0 Å². The number of phenolic OH excluding ortho intramolecular Hbond substituents is 1. The van der Waals surface area contributed by atoms with E-state index in [1.807, 2.05) is 12.1 Å². The van der Waals surface area contributed by atoms with E-state index >= 15 is 0 Å². The number of nitrogens with zero attached hydrogens (tertiary/aromatic N) is 1. The molecule has 1 saturated heterocycles. The third-order valence-electron chi connectivity index (χ3n) is 4.15. The van der Waals surface area contributed by atoms with Gasteiger partial charge in [0.2, 0.25) is 5.75 Å². The van der Waals surface area contributed by atoms with Crippen LogP contribution in [0.1, 0.15) is 16.5 Å². The molecule has 0 bridgehead atoms. The molecule has 0 aliphatic carbocycles. The number of thiophene rings is 1. The van der Waals surface area contributed by atoms with Gasteiger partial charge in [0.05, 0.1) is 20.3 Å². The predicted octanol–water partition coefficient (Wildman–Crippen LogP) is 2.47. The first-order valence-corrected chi connectivity index (χ1v) is 8.55. The monoisotopic (exact) mass is 334 g/mol. The molecule has 2 aromatic rings. The molecule has 0 amide bonds. The van der Waals surface area contributed by atoms with Crippen molar-refractivity contribution in [1.29, 1.82) is 0 Å². The van der Waals surface area contributed by atoms with Crippen LogP contribution >= 0.6 is 11.3 Å². The summed E-state index contributed by atoms with van der Waals surface area (Å²) in [6.07, 6.45) is 0. The average Bonchev–Trinajstić information content (AvgIpc) is 3.11. The summed E-state index contributed by atoms with van der Waals surface area (Å²) >= 11 is 1.74. The molecule has 5 nitrogen and oxygen atoms in total. The number of phenols is 1. The number of aromatic hydroxyl groups is 1. The topological polar surface area (TPSA) is 54.0 Å². The lowest BCUT2D eigenvalue weighted by Crippen LogP contribution is -2.45. The van der Waals surface area contributed by atoms with Crippen LogP contribution in [0.2, 0.25) is 0 Å². The fourth-order valence-electron chi connectivity index (χ4n) is 3.01. The van der Waals surface area contributed by atoms with Crippen molar-refractivity contribution in [1.82, 2.24) is 10.2 Å². The van der Waals surface area contributed by atoms with Crippen molar-refractivity contribution >= 4 is 11.3 Å². The number of hydrogen-bond acceptors (Lipinski definition) is 6. The first kappa shape index (κ1) is 16.1. The number of ether oxygens (including phenoxy) is 2. The quantitative estimate of drug-likeness (QED) is 0.880. The highest BCUT2D eigenvalue weighted by Crippen LogP contribution is 2.42. The molecule has 2 heterocycles. The van der Waals surface area contributed by atoms with Gasteiger partial charge in [0.15, 0.2) is 11.5 Å². The molecule has 0 radical (unpaired) electrons. The molecule has 124 valence electrons. The molecule has 1 atom stereocenters. The highest BCUT2D eigenvalue weighted by molar-refractivity contribution is 7.10. The van der Waals surface area contributed by atoms with Crippen LogP contribution in [0.25, 0.3) is 0 Å². The molecule has 0 spiro atoms. The second-order valence-electron chi connectivity index (χ2n) is 5.48. The van der Waals surface area contributed by atoms with Gasteiger partial charge in [0, 0.05) is 31.1 Å². The summed E-state index contributed by atoms with van der Waals surface area (Å²) in [7, 11) is 3.12. The maximum absolute atomic E-state index is 10.2. The molecular formula is C17H22N2O3S. The third kappa shape index (κ3) is 3.29. The fraction of sp³-hybridized carbons (Fsp3) is 0.412. The highest BCUT2D eigenvalue weighted by Gasteiger charge is 2.26. The number of benzene rings is 1. The number of methoxy groups -OCH3 is 2. The van der Waals surface area contributed by atoms with Gasteiger partial charge >= 0.3 is 0 Å². The zero-order chi connectivity index (χ0) is 16.2. The fourth-order valence-corrected chi connectivity index (χ4v) is 3.90. The first-order chi connectivity index (χ1) is 11.2. The van der Waals surface area contributed by atoms with Crippen molar-refractivity contribution in [3.8, 4) is 17.2 Å². The van der Waals surface area contributed by atoms with E-state index in [4.69, 9.17) is 9.47 Å². The van der Waals surface area contributed by atoms with Crippen LogP contribution in [-0.4, -0.2) is 50.4 Å². The van der Waals surface area contributed by atoms with Crippen LogP contribution in [0, 0.1) is 0 Å². The van der Waals surface area contributed by atoms with Crippen LogP contribution in [0.15, 0.2) is 29.6 Å². The normalized spacial score (nSPS) is 17.0. The summed E-state index contributed by atoms with van der Waals surface area (Å²) in [6, 6.07) is 8.18. The standard InChI is InChI=1S/C17H22N2O3S/c1-21-13-10-12(11-14(22-2)17(13)20)16(15-4-3-9-23-15)19-7-5-18-6-8-19/h3-4,9-11,16,18,20H,5-8H2,1-2H3/t16-/m1/s1. The van der Waals surface area contributed by atoms with Gasteiger partial charge < -0.3 is 19.9 Å². The molecule has 1 aliphatic rings. The summed E-state index contributed by atoms with van der Waals surface area (Å²) in [5, 5.41) is 15.7. The number of piperazine rings is 1. The van der Waals surface area contributed by atoms with Gasteiger partial charge in [-0.05, 0) is 29.1 Å². The lowest BCUT2D eigenvalue weighted by atomic mass is 10.0. The van der Waals surface area contributed by atoms with Gasteiger partial charge in [-0.15, -0.1) is 11.3 Å². The molecule has 1 fully saturated rings. The Morgan fingerprint density at radius 1 is 1.17 bits per heavy atom. The van der Waals surface area contributed by atoms with E-state index in [-0.39, 0.29) is 11.8 Å². The molecule has 0 unspecified atom stereocenters. The van der Waals surface area contributed by atoms with E-state index in [1.54, 1.807) is 25.6 Å². The first-order valence-electron chi connectivity index (χ1n) is 7.67. The second kappa shape index (κ2) is 7.21. The Morgan fingerprint density at radius 2 is 1.83 bits per heavy atom. The van der Waals surface area contributed by atoms with Gasteiger partial charge in [-0.2, -0.15) is 0 Å². The maximum atomic E-state index is 10.2. The Hall–Kier alpha value is -1.76.